The lowest BCUT2D eigenvalue weighted by molar-refractivity contribution is 0.102. The number of amides is 1. The number of rotatable bonds is 12. The van der Waals surface area contributed by atoms with Crippen molar-refractivity contribution in [1.82, 2.24) is 10.3 Å². The van der Waals surface area contributed by atoms with Crippen molar-refractivity contribution >= 4 is 29.2 Å². The second-order valence-electron chi connectivity index (χ2n) is 10.9. The Balaban J connectivity index is 1.38. The largest absolute Gasteiger partial charge is 0.497 e. The van der Waals surface area contributed by atoms with Gasteiger partial charge in [-0.05, 0) is 76.9 Å². The maximum atomic E-state index is 13.0. The van der Waals surface area contributed by atoms with Crippen molar-refractivity contribution in [3.63, 3.8) is 0 Å². The molecule has 3 aromatic carbocycles. The number of hydrogen-bond donors (Lipinski definition) is 3. The molecule has 1 aliphatic rings. The summed E-state index contributed by atoms with van der Waals surface area (Å²) in [5.74, 6) is 2.70. The number of anilines is 1. The maximum Gasteiger partial charge on any atom is 0.274 e. The minimum absolute atomic E-state index is 0.0132. The zero-order valence-electron chi connectivity index (χ0n) is 26.3. The van der Waals surface area contributed by atoms with Gasteiger partial charge in [0.25, 0.3) is 5.91 Å². The molecule has 4 aromatic rings. The van der Waals surface area contributed by atoms with Crippen molar-refractivity contribution in [1.29, 1.82) is 0 Å². The van der Waals surface area contributed by atoms with Gasteiger partial charge in [0.05, 0.1) is 34.0 Å². The van der Waals surface area contributed by atoms with E-state index >= 15 is 0 Å². The molecule has 5 rings (SSSR count). The second-order valence-corrected chi connectivity index (χ2v) is 10.9. The number of aliphatic hydroxyl groups is 1. The molecule has 3 N–H and O–H groups in total. The first kappa shape index (κ1) is 32.2. The van der Waals surface area contributed by atoms with Crippen molar-refractivity contribution in [3.05, 3.63) is 112 Å². The number of pyridine rings is 1. The fourth-order valence-electron chi connectivity index (χ4n) is 5.79. The van der Waals surface area contributed by atoms with Gasteiger partial charge in [-0.2, -0.15) is 0 Å². The van der Waals surface area contributed by atoms with Crippen LogP contribution in [0.4, 0.5) is 5.69 Å². The number of nitrogens with one attached hydrogen (secondary N) is 2. The molecule has 1 atom stereocenters. The van der Waals surface area contributed by atoms with Gasteiger partial charge in [0.2, 0.25) is 0 Å². The number of carbonyl (C=O) groups excluding carboxylic acids is 2. The van der Waals surface area contributed by atoms with Gasteiger partial charge >= 0.3 is 0 Å². The van der Waals surface area contributed by atoms with Gasteiger partial charge < -0.3 is 30.0 Å². The topological polar surface area (TPSA) is 119 Å². The van der Waals surface area contributed by atoms with Gasteiger partial charge in [-0.25, -0.2) is 4.79 Å². The molecule has 1 amide bonds. The van der Waals surface area contributed by atoms with Gasteiger partial charge in [0.15, 0.2) is 11.7 Å². The lowest BCUT2D eigenvalue weighted by Crippen LogP contribution is -2.34. The van der Waals surface area contributed by atoms with Gasteiger partial charge in [0, 0.05) is 30.1 Å². The van der Waals surface area contributed by atoms with Crippen LogP contribution in [0.25, 0.3) is 22.8 Å². The Labute approximate surface area is 268 Å². The predicted octanol–water partition coefficient (Wildman–Crippen LogP) is 5.63. The summed E-state index contributed by atoms with van der Waals surface area (Å²) >= 11 is 0. The van der Waals surface area contributed by atoms with E-state index in [4.69, 9.17) is 14.2 Å². The molecule has 0 aliphatic heterocycles. The zero-order valence-corrected chi connectivity index (χ0v) is 26.3. The fourth-order valence-corrected chi connectivity index (χ4v) is 5.79. The summed E-state index contributed by atoms with van der Waals surface area (Å²) in [5.41, 5.74) is 9.79. The quantitative estimate of drug-likeness (QED) is 0.138. The Kier molecular flexibility index (Phi) is 10.3. The summed E-state index contributed by atoms with van der Waals surface area (Å²) in [4.78, 5) is 28.3. The van der Waals surface area contributed by atoms with E-state index in [9.17, 15) is 14.7 Å². The molecule has 1 unspecified atom stereocenters. The van der Waals surface area contributed by atoms with Crippen LogP contribution >= 0.6 is 0 Å². The van der Waals surface area contributed by atoms with Crippen LogP contribution in [0, 0.1) is 6.92 Å². The van der Waals surface area contributed by atoms with Crippen molar-refractivity contribution in [2.45, 2.75) is 32.4 Å². The first-order valence-corrected chi connectivity index (χ1v) is 14.9. The van der Waals surface area contributed by atoms with Crippen LogP contribution in [0.2, 0.25) is 0 Å². The summed E-state index contributed by atoms with van der Waals surface area (Å²) in [6, 6.07) is 21.0. The summed E-state index contributed by atoms with van der Waals surface area (Å²) in [5, 5.41) is 15.8. The molecular weight excluding hydrogens is 582 g/mol. The Morgan fingerprint density at radius 2 is 1.78 bits per heavy atom. The number of aromatic nitrogens is 1. The summed E-state index contributed by atoms with van der Waals surface area (Å²) in [7, 11) is 4.55. The molecule has 1 heterocycles. The number of carbonyl (C=O) groups is 1. The molecule has 0 radical (unpaired) electrons. The second kappa shape index (κ2) is 14.7. The van der Waals surface area contributed by atoms with Crippen LogP contribution in [0.15, 0.2) is 78.7 Å². The third kappa shape index (κ3) is 6.87. The Morgan fingerprint density at radius 1 is 1.00 bits per heavy atom. The molecule has 9 heteroatoms. The first-order chi connectivity index (χ1) is 22.4. The van der Waals surface area contributed by atoms with Crippen molar-refractivity contribution in [2.24, 2.45) is 0 Å². The van der Waals surface area contributed by atoms with Crippen LogP contribution in [0.1, 0.15) is 44.7 Å². The average Bonchev–Trinajstić information content (AvgIpc) is 3.50. The third-order valence-corrected chi connectivity index (χ3v) is 8.25. The smallest absolute Gasteiger partial charge is 0.274 e. The van der Waals surface area contributed by atoms with Crippen LogP contribution < -0.4 is 20.1 Å². The van der Waals surface area contributed by atoms with E-state index in [1.807, 2.05) is 37.3 Å². The van der Waals surface area contributed by atoms with E-state index in [1.54, 1.807) is 38.5 Å². The minimum atomic E-state index is -0.663. The normalized spacial score (nSPS) is 13.5. The molecular formula is C37H37N3O6. The lowest BCUT2D eigenvalue weighted by Gasteiger charge is -2.17. The minimum Gasteiger partial charge on any atom is -0.497 e. The Bertz CT molecular complexity index is 1830. The van der Waals surface area contributed by atoms with Gasteiger partial charge in [0.1, 0.15) is 17.2 Å². The summed E-state index contributed by atoms with van der Waals surface area (Å²) < 4.78 is 15.9. The molecule has 9 nitrogen and oxygen atoms in total. The highest BCUT2D eigenvalue weighted by Crippen LogP contribution is 2.41. The highest BCUT2D eigenvalue weighted by Gasteiger charge is 2.22. The first-order valence-electron chi connectivity index (χ1n) is 14.9. The van der Waals surface area contributed by atoms with Crippen LogP contribution in [0.5, 0.6) is 11.5 Å². The number of fused-ring (bicyclic) bond motifs is 1. The zero-order chi connectivity index (χ0) is 32.6. The number of benzene rings is 3. The van der Waals surface area contributed by atoms with Crippen LogP contribution in [-0.2, 0) is 22.5 Å². The highest BCUT2D eigenvalue weighted by atomic mass is 16.5. The summed E-state index contributed by atoms with van der Waals surface area (Å²) in [6.45, 7) is 2.08. The number of hydrogen-bond acceptors (Lipinski definition) is 8. The number of nitrogens with zero attached hydrogens (tertiary/aromatic N) is 1. The Morgan fingerprint density at radius 3 is 2.52 bits per heavy atom. The van der Waals surface area contributed by atoms with Crippen molar-refractivity contribution in [3.8, 4) is 22.6 Å². The number of allylic oxidation sites excluding steroid dienone is 1. The highest BCUT2D eigenvalue weighted by molar-refractivity contribution is 6.04. The average molecular weight is 620 g/mol. The summed E-state index contributed by atoms with van der Waals surface area (Å²) in [6.07, 6.45) is 5.53. The van der Waals surface area contributed by atoms with Gasteiger partial charge in [-0.3, -0.25) is 9.78 Å². The van der Waals surface area contributed by atoms with E-state index in [1.165, 1.54) is 23.8 Å². The monoisotopic (exact) mass is 619 g/mol. The number of ether oxygens (including phenoxy) is 3. The maximum absolute atomic E-state index is 13.0. The molecule has 0 saturated carbocycles. The number of aliphatic hydroxyl groups excluding tert-OH is 1. The molecule has 1 aromatic heterocycles. The molecule has 0 fully saturated rings. The molecule has 1 aliphatic carbocycles. The number of methoxy groups -OCH3 is 3. The van der Waals surface area contributed by atoms with Gasteiger partial charge in [-0.15, -0.1) is 0 Å². The van der Waals surface area contributed by atoms with Gasteiger partial charge in [-0.1, -0.05) is 48.5 Å². The van der Waals surface area contributed by atoms with Crippen LogP contribution in [0.3, 0.4) is 0 Å². The Hall–Kier alpha value is -5.21. The van der Waals surface area contributed by atoms with E-state index < -0.39 is 6.04 Å². The van der Waals surface area contributed by atoms with E-state index in [0.29, 0.717) is 18.0 Å². The predicted molar refractivity (Wildman–Crippen MR) is 178 cm³/mol. The molecule has 0 bridgehead atoms. The fraction of sp³-hybridized carbons (Fsp3) is 0.243. The molecule has 0 saturated heterocycles. The van der Waals surface area contributed by atoms with E-state index in [-0.39, 0.29) is 24.0 Å². The van der Waals surface area contributed by atoms with Crippen molar-refractivity contribution in [2.75, 3.05) is 33.3 Å². The van der Waals surface area contributed by atoms with E-state index in [0.717, 1.165) is 46.3 Å². The third-order valence-electron chi connectivity index (χ3n) is 8.25. The van der Waals surface area contributed by atoms with Crippen LogP contribution in [-0.4, -0.2) is 55.9 Å². The van der Waals surface area contributed by atoms with E-state index in [2.05, 4.69) is 46.0 Å². The SMILES string of the molecule is COC(=C=O)C(CO)NCc1ccc(/C=C2\CCc3c2cccc3-c2cccc(NC(=O)c3cc(OC)ccn3)c2C)cc1OC. The molecule has 236 valence electrons. The lowest BCUT2D eigenvalue weighted by atomic mass is 9.92. The standard InChI is InChI=1S/C37H37N3O6/c1-23-28(7-6-10-32(23)40-37(43)33-19-27(44-2)15-16-38-33)30-9-5-8-29-25(13-14-31(29)30)17-24-11-12-26(35(18-24)45-3)20-39-34(21-41)36(22-42)46-4/h5-12,15-19,34,39,41H,13-14,20-21H2,1-4H3,(H,40,43)/b25-17+. The van der Waals surface area contributed by atoms with Crippen molar-refractivity contribution < 1.29 is 28.9 Å². The molecule has 0 spiro atoms. The molecule has 46 heavy (non-hydrogen) atoms.